The molecule has 0 aliphatic heterocycles. The Balaban J connectivity index is 2.52. The summed E-state index contributed by atoms with van der Waals surface area (Å²) >= 11 is 0. The maximum atomic E-state index is 12.1. The van der Waals surface area contributed by atoms with Crippen LogP contribution in [0.3, 0.4) is 0 Å². The minimum Gasteiger partial charge on any atom is -0.484 e. The van der Waals surface area contributed by atoms with E-state index in [0.717, 1.165) is 0 Å². The second-order valence-electron chi connectivity index (χ2n) is 5.88. The average molecular weight is 334 g/mol. The first-order valence-corrected chi connectivity index (χ1v) is 7.07. The van der Waals surface area contributed by atoms with Crippen LogP contribution in [0.5, 0.6) is 5.75 Å². The number of hydrogen-bond donors (Lipinski definition) is 3. The summed E-state index contributed by atoms with van der Waals surface area (Å²) in [5, 5.41) is 14.1. The Morgan fingerprint density at radius 1 is 1.30 bits per heavy atom. The molecule has 0 atom stereocenters. The SMILES string of the molecule is CC(C)(CCO)CNC(=O)Nc1cccc(OCC(F)(F)F)c1. The van der Waals surface area contributed by atoms with Crippen LogP contribution < -0.4 is 15.4 Å². The van der Waals surface area contributed by atoms with Crippen molar-refractivity contribution in [3.8, 4) is 5.75 Å². The molecule has 0 aliphatic rings. The molecule has 1 rings (SSSR count). The fourth-order valence-corrected chi connectivity index (χ4v) is 1.71. The van der Waals surface area contributed by atoms with Gasteiger partial charge in [-0.05, 0) is 24.0 Å². The van der Waals surface area contributed by atoms with Crippen molar-refractivity contribution in [2.24, 2.45) is 5.41 Å². The second kappa shape index (κ2) is 8.05. The first-order chi connectivity index (χ1) is 10.6. The highest BCUT2D eigenvalue weighted by Crippen LogP contribution is 2.21. The topological polar surface area (TPSA) is 70.6 Å². The van der Waals surface area contributed by atoms with E-state index in [4.69, 9.17) is 5.11 Å². The number of carbonyl (C=O) groups is 1. The zero-order chi connectivity index (χ0) is 17.5. The molecular weight excluding hydrogens is 313 g/mol. The minimum atomic E-state index is -4.42. The van der Waals surface area contributed by atoms with E-state index in [2.05, 4.69) is 15.4 Å². The molecule has 1 aromatic rings. The number of alkyl halides is 3. The summed E-state index contributed by atoms with van der Waals surface area (Å²) in [7, 11) is 0. The third kappa shape index (κ3) is 8.29. The van der Waals surface area contributed by atoms with E-state index in [1.165, 1.54) is 18.2 Å². The number of aliphatic hydroxyl groups excluding tert-OH is 1. The average Bonchev–Trinajstić information content (AvgIpc) is 2.43. The van der Waals surface area contributed by atoms with Gasteiger partial charge in [0, 0.05) is 24.9 Å². The number of benzene rings is 1. The highest BCUT2D eigenvalue weighted by atomic mass is 19.4. The van der Waals surface area contributed by atoms with Crippen LogP contribution >= 0.6 is 0 Å². The van der Waals surface area contributed by atoms with E-state index < -0.39 is 18.8 Å². The molecule has 23 heavy (non-hydrogen) atoms. The Morgan fingerprint density at radius 3 is 2.61 bits per heavy atom. The lowest BCUT2D eigenvalue weighted by Crippen LogP contribution is -2.37. The van der Waals surface area contributed by atoms with Crippen molar-refractivity contribution in [3.63, 3.8) is 0 Å². The van der Waals surface area contributed by atoms with Gasteiger partial charge in [0.2, 0.25) is 0 Å². The maximum absolute atomic E-state index is 12.1. The van der Waals surface area contributed by atoms with Crippen molar-refractivity contribution in [1.82, 2.24) is 5.32 Å². The summed E-state index contributed by atoms with van der Waals surface area (Å²) in [5.74, 6) is 0.0146. The fraction of sp³-hybridized carbons (Fsp3) is 0.533. The Hall–Kier alpha value is -1.96. The van der Waals surface area contributed by atoms with E-state index in [0.29, 0.717) is 18.7 Å². The molecule has 0 radical (unpaired) electrons. The highest BCUT2D eigenvalue weighted by molar-refractivity contribution is 5.89. The third-order valence-electron chi connectivity index (χ3n) is 3.01. The monoisotopic (exact) mass is 334 g/mol. The first-order valence-electron chi connectivity index (χ1n) is 7.07. The van der Waals surface area contributed by atoms with Crippen molar-refractivity contribution in [3.05, 3.63) is 24.3 Å². The summed E-state index contributed by atoms with van der Waals surface area (Å²) in [5.41, 5.74) is 0.0613. The summed E-state index contributed by atoms with van der Waals surface area (Å²) in [6.45, 7) is 2.78. The number of halogens is 3. The van der Waals surface area contributed by atoms with E-state index in [1.807, 2.05) is 13.8 Å². The van der Waals surface area contributed by atoms with Gasteiger partial charge >= 0.3 is 12.2 Å². The first kappa shape index (κ1) is 19.1. The van der Waals surface area contributed by atoms with Gasteiger partial charge in [-0.2, -0.15) is 13.2 Å². The van der Waals surface area contributed by atoms with Crippen LogP contribution in [0.2, 0.25) is 0 Å². The Labute approximate surface area is 132 Å². The molecule has 0 fully saturated rings. The Bertz CT molecular complexity index is 519. The lowest BCUT2D eigenvalue weighted by molar-refractivity contribution is -0.153. The molecule has 3 N–H and O–H groups in total. The number of urea groups is 1. The number of ether oxygens (including phenoxy) is 1. The molecule has 0 saturated carbocycles. The molecule has 0 bridgehead atoms. The van der Waals surface area contributed by atoms with Crippen molar-refractivity contribution >= 4 is 11.7 Å². The van der Waals surface area contributed by atoms with Gasteiger partial charge in [-0.25, -0.2) is 4.79 Å². The summed E-state index contributed by atoms with van der Waals surface area (Å²) in [6, 6.07) is 5.23. The largest absolute Gasteiger partial charge is 0.484 e. The molecule has 8 heteroatoms. The van der Waals surface area contributed by atoms with Gasteiger partial charge < -0.3 is 20.5 Å². The zero-order valence-corrected chi connectivity index (χ0v) is 13.0. The van der Waals surface area contributed by atoms with Gasteiger partial charge in [0.05, 0.1) is 0 Å². The molecule has 0 saturated heterocycles. The summed E-state index contributed by atoms with van der Waals surface area (Å²) in [4.78, 5) is 11.8. The molecule has 5 nitrogen and oxygen atoms in total. The minimum absolute atomic E-state index is 0.0146. The molecule has 1 aromatic carbocycles. The van der Waals surface area contributed by atoms with E-state index >= 15 is 0 Å². The number of hydrogen-bond acceptors (Lipinski definition) is 3. The lowest BCUT2D eigenvalue weighted by Gasteiger charge is -2.23. The van der Waals surface area contributed by atoms with Crippen LogP contribution in [0.1, 0.15) is 20.3 Å². The fourth-order valence-electron chi connectivity index (χ4n) is 1.71. The summed E-state index contributed by atoms with van der Waals surface area (Å²) in [6.07, 6.45) is -3.88. The number of aliphatic hydroxyl groups is 1. The zero-order valence-electron chi connectivity index (χ0n) is 13.0. The number of rotatable bonds is 7. The van der Waals surface area contributed by atoms with Crippen molar-refractivity contribution in [1.29, 1.82) is 0 Å². The van der Waals surface area contributed by atoms with Crippen LogP contribution in [0, 0.1) is 5.41 Å². The Morgan fingerprint density at radius 2 is 2.00 bits per heavy atom. The number of amides is 2. The van der Waals surface area contributed by atoms with E-state index in [-0.39, 0.29) is 17.8 Å². The highest BCUT2D eigenvalue weighted by Gasteiger charge is 2.28. The van der Waals surface area contributed by atoms with Gasteiger partial charge in [-0.3, -0.25) is 0 Å². The lowest BCUT2D eigenvalue weighted by atomic mass is 9.90. The standard InChI is InChI=1S/C15H21F3N2O3/c1-14(2,6-7-21)9-19-13(22)20-11-4-3-5-12(8-11)23-10-15(16,17)18/h3-5,8,21H,6-7,9-10H2,1-2H3,(H2,19,20,22). The van der Waals surface area contributed by atoms with Gasteiger partial charge in [0.15, 0.2) is 6.61 Å². The molecule has 0 spiro atoms. The van der Waals surface area contributed by atoms with Crippen LogP contribution in [-0.4, -0.2) is 37.1 Å². The van der Waals surface area contributed by atoms with Gasteiger partial charge in [0.1, 0.15) is 5.75 Å². The van der Waals surface area contributed by atoms with Gasteiger partial charge in [-0.1, -0.05) is 19.9 Å². The second-order valence-corrected chi connectivity index (χ2v) is 5.88. The number of anilines is 1. The van der Waals surface area contributed by atoms with Crippen LogP contribution in [0.25, 0.3) is 0 Å². The number of nitrogens with one attached hydrogen (secondary N) is 2. The van der Waals surface area contributed by atoms with Crippen LogP contribution in [0.15, 0.2) is 24.3 Å². The predicted octanol–water partition coefficient (Wildman–Crippen LogP) is 3.16. The quantitative estimate of drug-likeness (QED) is 0.717. The maximum Gasteiger partial charge on any atom is 0.422 e. The third-order valence-corrected chi connectivity index (χ3v) is 3.01. The molecule has 0 heterocycles. The van der Waals surface area contributed by atoms with E-state index in [9.17, 15) is 18.0 Å². The molecule has 130 valence electrons. The number of carbonyl (C=O) groups excluding carboxylic acids is 1. The normalized spacial score (nSPS) is 11.9. The van der Waals surface area contributed by atoms with Gasteiger partial charge in [0.25, 0.3) is 0 Å². The van der Waals surface area contributed by atoms with Crippen molar-refractivity contribution in [2.45, 2.75) is 26.4 Å². The molecule has 0 aromatic heterocycles. The molecule has 2 amide bonds. The predicted molar refractivity (Wildman–Crippen MR) is 80.5 cm³/mol. The molecule has 0 unspecified atom stereocenters. The molecule has 0 aliphatic carbocycles. The van der Waals surface area contributed by atoms with Crippen molar-refractivity contribution in [2.75, 3.05) is 25.1 Å². The van der Waals surface area contributed by atoms with Crippen LogP contribution in [-0.2, 0) is 0 Å². The van der Waals surface area contributed by atoms with E-state index in [1.54, 1.807) is 6.07 Å². The summed E-state index contributed by atoms with van der Waals surface area (Å²) < 4.78 is 40.9. The van der Waals surface area contributed by atoms with Crippen molar-refractivity contribution < 1.29 is 27.8 Å². The molecular formula is C15H21F3N2O3. The van der Waals surface area contributed by atoms with Crippen LogP contribution in [0.4, 0.5) is 23.7 Å². The van der Waals surface area contributed by atoms with Gasteiger partial charge in [-0.15, -0.1) is 0 Å². The smallest absolute Gasteiger partial charge is 0.422 e. The Kier molecular flexibility index (Phi) is 6.68.